The first-order valence-electron chi connectivity index (χ1n) is 6.46. The van der Waals surface area contributed by atoms with Gasteiger partial charge in [-0.05, 0) is 36.7 Å². The molecule has 0 saturated heterocycles. The standard InChI is InChI=1S/C13H19N5OS/c1-17(2)8-9-19-10-11-20-13-14-15-16-18(13)12-6-4-3-5-7-12/h3-7H,8-11H2,1-2H3. The number of rotatable bonds is 8. The first-order chi connectivity index (χ1) is 9.77. The van der Waals surface area contributed by atoms with E-state index in [1.165, 1.54) is 0 Å². The Hall–Kier alpha value is -1.44. The van der Waals surface area contributed by atoms with Crippen molar-refractivity contribution in [2.24, 2.45) is 0 Å². The highest BCUT2D eigenvalue weighted by atomic mass is 32.2. The normalized spacial score (nSPS) is 11.2. The molecule has 0 aliphatic heterocycles. The maximum atomic E-state index is 5.55. The molecule has 0 atom stereocenters. The minimum Gasteiger partial charge on any atom is -0.379 e. The van der Waals surface area contributed by atoms with Crippen LogP contribution in [0.4, 0.5) is 0 Å². The molecule has 108 valence electrons. The van der Waals surface area contributed by atoms with E-state index in [9.17, 15) is 0 Å². The molecule has 0 unspecified atom stereocenters. The van der Waals surface area contributed by atoms with Crippen molar-refractivity contribution in [1.82, 2.24) is 25.1 Å². The van der Waals surface area contributed by atoms with Gasteiger partial charge in [0.05, 0.1) is 18.9 Å². The highest BCUT2D eigenvalue weighted by Crippen LogP contribution is 2.17. The van der Waals surface area contributed by atoms with Crippen molar-refractivity contribution in [1.29, 1.82) is 0 Å². The second kappa shape index (κ2) is 7.98. The number of ether oxygens (including phenoxy) is 1. The summed E-state index contributed by atoms with van der Waals surface area (Å²) in [6.07, 6.45) is 0. The third-order valence-electron chi connectivity index (χ3n) is 2.58. The third-order valence-corrected chi connectivity index (χ3v) is 3.47. The average molecular weight is 293 g/mol. The molecule has 0 N–H and O–H groups in total. The molecular weight excluding hydrogens is 274 g/mol. The van der Waals surface area contributed by atoms with Crippen molar-refractivity contribution in [3.8, 4) is 5.69 Å². The number of thioether (sulfide) groups is 1. The van der Waals surface area contributed by atoms with Crippen LogP contribution in [0.25, 0.3) is 5.69 Å². The van der Waals surface area contributed by atoms with E-state index in [0.717, 1.165) is 29.7 Å². The zero-order valence-corrected chi connectivity index (χ0v) is 12.6. The number of hydrogen-bond donors (Lipinski definition) is 0. The zero-order valence-electron chi connectivity index (χ0n) is 11.8. The quantitative estimate of drug-likeness (QED) is 0.541. The van der Waals surface area contributed by atoms with E-state index < -0.39 is 0 Å². The Kier molecular flexibility index (Phi) is 5.97. The smallest absolute Gasteiger partial charge is 0.214 e. The predicted molar refractivity (Wildman–Crippen MR) is 79.3 cm³/mol. The van der Waals surface area contributed by atoms with Crippen LogP contribution in [-0.2, 0) is 4.74 Å². The molecule has 0 aliphatic rings. The molecule has 0 fully saturated rings. The third kappa shape index (κ3) is 4.59. The molecule has 7 heteroatoms. The second-order valence-corrected chi connectivity index (χ2v) is 5.53. The van der Waals surface area contributed by atoms with Crippen molar-refractivity contribution in [2.75, 3.05) is 39.6 Å². The van der Waals surface area contributed by atoms with E-state index in [0.29, 0.717) is 6.61 Å². The maximum Gasteiger partial charge on any atom is 0.214 e. The molecule has 0 spiro atoms. The second-order valence-electron chi connectivity index (χ2n) is 4.47. The van der Waals surface area contributed by atoms with Crippen molar-refractivity contribution in [3.63, 3.8) is 0 Å². The monoisotopic (exact) mass is 293 g/mol. The lowest BCUT2D eigenvalue weighted by Crippen LogP contribution is -2.18. The maximum absolute atomic E-state index is 5.55. The number of tetrazole rings is 1. The van der Waals surface area contributed by atoms with Gasteiger partial charge in [0.15, 0.2) is 0 Å². The van der Waals surface area contributed by atoms with Gasteiger partial charge in [0.25, 0.3) is 0 Å². The van der Waals surface area contributed by atoms with Gasteiger partial charge >= 0.3 is 0 Å². The van der Waals surface area contributed by atoms with Crippen molar-refractivity contribution in [2.45, 2.75) is 5.16 Å². The van der Waals surface area contributed by atoms with Gasteiger partial charge in [-0.15, -0.1) is 5.10 Å². The topological polar surface area (TPSA) is 56.1 Å². The van der Waals surface area contributed by atoms with Gasteiger partial charge in [-0.3, -0.25) is 0 Å². The van der Waals surface area contributed by atoms with Crippen LogP contribution in [-0.4, -0.2) is 64.7 Å². The van der Waals surface area contributed by atoms with Crippen LogP contribution in [0.1, 0.15) is 0 Å². The molecular formula is C13H19N5OS. The van der Waals surface area contributed by atoms with Gasteiger partial charge in [-0.2, -0.15) is 4.68 Å². The molecule has 0 saturated carbocycles. The van der Waals surface area contributed by atoms with Gasteiger partial charge in [0, 0.05) is 12.3 Å². The fourth-order valence-electron chi connectivity index (χ4n) is 1.54. The molecule has 1 heterocycles. The SMILES string of the molecule is CN(C)CCOCCSc1nnnn1-c1ccccc1. The lowest BCUT2D eigenvalue weighted by atomic mass is 10.3. The summed E-state index contributed by atoms with van der Waals surface area (Å²) in [6, 6.07) is 9.87. The Labute approximate surface area is 123 Å². The lowest BCUT2D eigenvalue weighted by Gasteiger charge is -2.09. The number of aromatic nitrogens is 4. The van der Waals surface area contributed by atoms with Crippen LogP contribution in [0.5, 0.6) is 0 Å². The average Bonchev–Trinajstić information content (AvgIpc) is 2.92. The lowest BCUT2D eigenvalue weighted by molar-refractivity contribution is 0.131. The summed E-state index contributed by atoms with van der Waals surface area (Å²) in [4.78, 5) is 2.10. The summed E-state index contributed by atoms with van der Waals surface area (Å²) >= 11 is 1.60. The zero-order chi connectivity index (χ0) is 14.2. The Balaban J connectivity index is 1.78. The van der Waals surface area contributed by atoms with Gasteiger partial charge in [0.1, 0.15) is 0 Å². The molecule has 0 aliphatic carbocycles. The summed E-state index contributed by atoms with van der Waals surface area (Å²) in [5, 5.41) is 12.6. The molecule has 6 nitrogen and oxygen atoms in total. The molecule has 1 aromatic heterocycles. The predicted octanol–water partition coefficient (Wildman–Crippen LogP) is 1.33. The fourth-order valence-corrected chi connectivity index (χ4v) is 2.28. The molecule has 2 rings (SSSR count). The Bertz CT molecular complexity index is 502. The summed E-state index contributed by atoms with van der Waals surface area (Å²) < 4.78 is 7.29. The van der Waals surface area contributed by atoms with Crippen LogP contribution in [0, 0.1) is 0 Å². The van der Waals surface area contributed by atoms with Crippen LogP contribution in [0.2, 0.25) is 0 Å². The van der Waals surface area contributed by atoms with Crippen molar-refractivity contribution in [3.05, 3.63) is 30.3 Å². The van der Waals surface area contributed by atoms with Crippen molar-refractivity contribution >= 4 is 11.8 Å². The van der Waals surface area contributed by atoms with Crippen molar-refractivity contribution < 1.29 is 4.74 Å². The first kappa shape index (κ1) is 15.0. The van der Waals surface area contributed by atoms with Gasteiger partial charge in [-0.25, -0.2) is 0 Å². The van der Waals surface area contributed by atoms with E-state index >= 15 is 0 Å². The summed E-state index contributed by atoms with van der Waals surface area (Å²) in [5.74, 6) is 0.834. The molecule has 0 amide bonds. The minimum atomic E-state index is 0.695. The minimum absolute atomic E-state index is 0.695. The van der Waals surface area contributed by atoms with E-state index in [4.69, 9.17) is 4.74 Å². The van der Waals surface area contributed by atoms with Crippen LogP contribution >= 0.6 is 11.8 Å². The summed E-state index contributed by atoms with van der Waals surface area (Å²) in [5.41, 5.74) is 0.966. The van der Waals surface area contributed by atoms with E-state index in [1.807, 2.05) is 44.4 Å². The molecule has 0 bridgehead atoms. The summed E-state index contributed by atoms with van der Waals surface area (Å²) in [6.45, 7) is 2.38. The first-order valence-corrected chi connectivity index (χ1v) is 7.45. The van der Waals surface area contributed by atoms with Crippen LogP contribution in [0.3, 0.4) is 0 Å². The Morgan fingerprint density at radius 2 is 2.00 bits per heavy atom. The highest BCUT2D eigenvalue weighted by molar-refractivity contribution is 7.99. The van der Waals surface area contributed by atoms with Crippen LogP contribution < -0.4 is 0 Å². The number of nitrogens with zero attached hydrogens (tertiary/aromatic N) is 5. The highest BCUT2D eigenvalue weighted by Gasteiger charge is 2.07. The number of benzene rings is 1. The summed E-state index contributed by atoms with van der Waals surface area (Å²) in [7, 11) is 4.07. The van der Waals surface area contributed by atoms with E-state index in [2.05, 4.69) is 20.4 Å². The number of likely N-dealkylation sites (N-methyl/N-ethyl adjacent to an activating group) is 1. The Morgan fingerprint density at radius 1 is 1.20 bits per heavy atom. The van der Waals surface area contributed by atoms with Gasteiger partial charge < -0.3 is 9.64 Å². The van der Waals surface area contributed by atoms with Crippen LogP contribution in [0.15, 0.2) is 35.5 Å². The van der Waals surface area contributed by atoms with E-state index in [-0.39, 0.29) is 0 Å². The van der Waals surface area contributed by atoms with Gasteiger partial charge in [0.2, 0.25) is 5.16 Å². The van der Waals surface area contributed by atoms with E-state index in [1.54, 1.807) is 16.4 Å². The van der Waals surface area contributed by atoms with Gasteiger partial charge in [-0.1, -0.05) is 30.0 Å². The molecule has 0 radical (unpaired) electrons. The largest absolute Gasteiger partial charge is 0.379 e. The number of para-hydroxylation sites is 1. The fraction of sp³-hybridized carbons (Fsp3) is 0.462. The Morgan fingerprint density at radius 3 is 2.75 bits per heavy atom. The molecule has 20 heavy (non-hydrogen) atoms. The molecule has 1 aromatic carbocycles. The molecule has 2 aromatic rings. The number of hydrogen-bond acceptors (Lipinski definition) is 6.